The lowest BCUT2D eigenvalue weighted by Crippen LogP contribution is -2.53. The standard InChI is InChI=1S/C37H50N8O11/c1-9-32(49)44(15-13-30(47)40-23(6)34(51)39-21(3)4)45(33(50)10-2)16-14-31(48)41-24(7)35(52)42-25(8)36(53)43-28-19-26(11-12-29(28)56-20-46)18-27(38)17-22(5)37(54)55/h1-2,11-12,19-25,27H,13-18,38H2,3-8H3,(H,39,51)(H,40,47)(H,41,48)(H,42,52)(H,43,53)(H,54,55)/t22?,23?,24?,25?,27-/m1/s1. The smallest absolute Gasteiger partial charge is 0.316 e. The number of benzene rings is 1. The number of aliphatic carboxylic acids is 1. The number of hydrogen-bond acceptors (Lipinski definition) is 11. The summed E-state index contributed by atoms with van der Waals surface area (Å²) in [5.41, 5.74) is 6.79. The van der Waals surface area contributed by atoms with E-state index in [1.807, 2.05) is 11.8 Å². The summed E-state index contributed by atoms with van der Waals surface area (Å²) in [5.74, 6) is -3.47. The van der Waals surface area contributed by atoms with Crippen LogP contribution in [0.5, 0.6) is 5.75 Å². The Bertz CT molecular complexity index is 1720. The number of nitrogens with zero attached hydrogens (tertiary/aromatic N) is 2. The molecule has 7 amide bonds. The molecule has 56 heavy (non-hydrogen) atoms. The predicted molar refractivity (Wildman–Crippen MR) is 201 cm³/mol. The highest BCUT2D eigenvalue weighted by atomic mass is 16.5. The third-order valence-corrected chi connectivity index (χ3v) is 7.89. The van der Waals surface area contributed by atoms with E-state index in [0.717, 1.165) is 5.01 Å². The van der Waals surface area contributed by atoms with Crippen LogP contribution in [0.3, 0.4) is 0 Å². The number of carboxylic acid groups (broad SMARTS) is 1. The maximum atomic E-state index is 13.0. The molecule has 1 aromatic carbocycles. The molecule has 8 N–H and O–H groups in total. The summed E-state index contributed by atoms with van der Waals surface area (Å²) in [4.78, 5) is 111. The molecule has 0 saturated carbocycles. The van der Waals surface area contributed by atoms with Crippen LogP contribution in [-0.4, -0.2) is 112 Å². The Hall–Kier alpha value is -6.47. The Labute approximate surface area is 325 Å². The average molecular weight is 783 g/mol. The first kappa shape index (κ1) is 47.6. The molecule has 1 rings (SSSR count). The summed E-state index contributed by atoms with van der Waals surface area (Å²) in [7, 11) is 0. The van der Waals surface area contributed by atoms with Gasteiger partial charge in [-0.1, -0.05) is 13.0 Å². The number of hydrogen-bond donors (Lipinski definition) is 7. The van der Waals surface area contributed by atoms with E-state index in [2.05, 4.69) is 26.6 Å². The molecule has 0 saturated heterocycles. The molecule has 0 fully saturated rings. The van der Waals surface area contributed by atoms with Crippen LogP contribution in [0.4, 0.5) is 5.69 Å². The van der Waals surface area contributed by atoms with E-state index in [9.17, 15) is 43.2 Å². The molecule has 0 spiro atoms. The first-order valence-corrected chi connectivity index (χ1v) is 17.5. The molecule has 19 heteroatoms. The Morgan fingerprint density at radius 1 is 0.786 bits per heavy atom. The number of rotatable bonds is 21. The number of terminal acetylenes is 2. The number of nitrogens with one attached hydrogen (secondary N) is 5. The second kappa shape index (κ2) is 23.3. The fraction of sp³-hybridized carbons (Fsp3) is 0.486. The molecule has 4 unspecified atom stereocenters. The third-order valence-electron chi connectivity index (χ3n) is 7.89. The van der Waals surface area contributed by atoms with Gasteiger partial charge in [0.25, 0.3) is 6.47 Å². The van der Waals surface area contributed by atoms with Gasteiger partial charge in [-0.2, -0.15) is 0 Å². The van der Waals surface area contributed by atoms with E-state index in [1.165, 1.54) is 39.8 Å². The zero-order chi connectivity index (χ0) is 42.7. The van der Waals surface area contributed by atoms with Gasteiger partial charge >= 0.3 is 17.8 Å². The van der Waals surface area contributed by atoms with Crippen molar-refractivity contribution in [2.45, 2.75) is 97.4 Å². The molecular formula is C37H50N8O11. The van der Waals surface area contributed by atoms with Gasteiger partial charge in [-0.15, -0.1) is 12.8 Å². The molecule has 0 aromatic heterocycles. The topological polar surface area (TPSA) is 276 Å². The summed E-state index contributed by atoms with van der Waals surface area (Å²) in [5, 5.41) is 23.1. The second-order valence-electron chi connectivity index (χ2n) is 13.1. The molecular weight excluding hydrogens is 732 g/mol. The summed E-state index contributed by atoms with van der Waals surface area (Å²) in [6.45, 7) is 8.39. The van der Waals surface area contributed by atoms with Gasteiger partial charge in [0.05, 0.1) is 24.7 Å². The highest BCUT2D eigenvalue weighted by Crippen LogP contribution is 2.27. The minimum atomic E-state index is -1.21. The van der Waals surface area contributed by atoms with Crippen molar-refractivity contribution < 1.29 is 53.0 Å². The fourth-order valence-corrected chi connectivity index (χ4v) is 4.94. The van der Waals surface area contributed by atoms with Gasteiger partial charge in [0, 0.05) is 24.9 Å². The highest BCUT2D eigenvalue weighted by Gasteiger charge is 2.28. The van der Waals surface area contributed by atoms with Crippen molar-refractivity contribution >= 4 is 59.5 Å². The molecule has 0 aliphatic heterocycles. The van der Waals surface area contributed by atoms with Crippen LogP contribution in [0.15, 0.2) is 18.2 Å². The van der Waals surface area contributed by atoms with Gasteiger partial charge in [0.1, 0.15) is 18.1 Å². The van der Waals surface area contributed by atoms with Crippen LogP contribution in [0.2, 0.25) is 0 Å². The number of carboxylic acids is 1. The Morgan fingerprint density at radius 2 is 1.27 bits per heavy atom. The van der Waals surface area contributed by atoms with Crippen molar-refractivity contribution in [3.05, 3.63) is 23.8 Å². The van der Waals surface area contributed by atoms with Crippen molar-refractivity contribution in [1.29, 1.82) is 0 Å². The Kier molecular flexibility index (Phi) is 19.8. The molecule has 1 aromatic rings. The van der Waals surface area contributed by atoms with Gasteiger partial charge in [-0.05, 0) is 77.0 Å². The lowest BCUT2D eigenvalue weighted by molar-refractivity contribution is -0.157. The predicted octanol–water partition coefficient (Wildman–Crippen LogP) is -1.20. The summed E-state index contributed by atoms with van der Waals surface area (Å²) in [6, 6.07) is 0.526. The highest BCUT2D eigenvalue weighted by molar-refractivity contribution is 6.00. The van der Waals surface area contributed by atoms with E-state index in [-0.39, 0.29) is 36.8 Å². The monoisotopic (exact) mass is 782 g/mol. The summed E-state index contributed by atoms with van der Waals surface area (Å²) < 4.78 is 4.95. The SMILES string of the molecule is C#CC(=O)N(CCC(=O)NC(C)C(=O)NC(C)C)N(CCC(=O)NC(C)C(=O)NC(C)C(=O)Nc1cc(C[C@H](N)CC(C)C(=O)O)ccc1OC=O)C(=O)C#C. The number of anilines is 1. The quantitative estimate of drug-likeness (QED) is 0.0440. The van der Waals surface area contributed by atoms with E-state index in [4.69, 9.17) is 28.4 Å². The van der Waals surface area contributed by atoms with Crippen LogP contribution in [0, 0.1) is 30.6 Å². The molecule has 0 radical (unpaired) electrons. The normalized spacial score (nSPS) is 13.1. The zero-order valence-electron chi connectivity index (χ0n) is 32.2. The minimum Gasteiger partial charge on any atom is -0.481 e. The second-order valence-corrected chi connectivity index (χ2v) is 13.1. The van der Waals surface area contributed by atoms with Crippen LogP contribution >= 0.6 is 0 Å². The number of hydrazine groups is 1. The minimum absolute atomic E-state index is 0.00684. The largest absolute Gasteiger partial charge is 0.481 e. The molecule has 5 atom stereocenters. The molecule has 0 aliphatic carbocycles. The molecule has 0 aliphatic rings. The van der Waals surface area contributed by atoms with Gasteiger partial charge in [0.2, 0.25) is 29.5 Å². The average Bonchev–Trinajstić information content (AvgIpc) is 3.12. The van der Waals surface area contributed by atoms with Crippen molar-refractivity contribution in [2.24, 2.45) is 11.7 Å². The van der Waals surface area contributed by atoms with Gasteiger partial charge in [-0.25, -0.2) is 10.0 Å². The lowest BCUT2D eigenvalue weighted by atomic mass is 9.96. The van der Waals surface area contributed by atoms with E-state index in [0.29, 0.717) is 10.6 Å². The van der Waals surface area contributed by atoms with Crippen LogP contribution < -0.4 is 37.1 Å². The number of nitrogens with two attached hydrogens (primary N) is 1. The van der Waals surface area contributed by atoms with Crippen LogP contribution in [-0.2, 0) is 49.6 Å². The van der Waals surface area contributed by atoms with Crippen molar-refractivity contribution in [2.75, 3.05) is 18.4 Å². The van der Waals surface area contributed by atoms with Gasteiger partial charge < -0.3 is 42.2 Å². The van der Waals surface area contributed by atoms with Gasteiger partial charge in [0.15, 0.2) is 5.75 Å². The Morgan fingerprint density at radius 3 is 1.71 bits per heavy atom. The maximum Gasteiger partial charge on any atom is 0.316 e. The van der Waals surface area contributed by atoms with Crippen molar-refractivity contribution in [1.82, 2.24) is 31.3 Å². The van der Waals surface area contributed by atoms with Crippen LogP contribution in [0.1, 0.15) is 66.4 Å². The van der Waals surface area contributed by atoms with E-state index in [1.54, 1.807) is 19.9 Å². The van der Waals surface area contributed by atoms with Crippen LogP contribution in [0.25, 0.3) is 0 Å². The number of carbonyl (C=O) groups excluding carboxylic acids is 8. The molecule has 0 bridgehead atoms. The van der Waals surface area contributed by atoms with E-state index >= 15 is 0 Å². The molecule has 0 heterocycles. The van der Waals surface area contributed by atoms with Gasteiger partial charge in [-0.3, -0.25) is 43.2 Å². The Balaban J connectivity index is 2.90. The first-order chi connectivity index (χ1) is 26.2. The van der Waals surface area contributed by atoms with E-state index < -0.39 is 103 Å². The maximum absolute atomic E-state index is 13.0. The molecule has 304 valence electrons. The van der Waals surface area contributed by atoms with Crippen molar-refractivity contribution in [3.8, 4) is 30.4 Å². The summed E-state index contributed by atoms with van der Waals surface area (Å²) in [6.07, 6.45) is 10.1. The molecule has 19 nitrogen and oxygen atoms in total. The van der Waals surface area contributed by atoms with Crippen molar-refractivity contribution in [3.63, 3.8) is 0 Å². The fourth-order valence-electron chi connectivity index (χ4n) is 4.94. The lowest BCUT2D eigenvalue weighted by Gasteiger charge is -2.32. The number of ether oxygens (including phenoxy) is 1. The number of carbonyl (C=O) groups is 9. The first-order valence-electron chi connectivity index (χ1n) is 17.5. The third kappa shape index (κ3) is 16.3. The summed E-state index contributed by atoms with van der Waals surface area (Å²) >= 11 is 0. The zero-order valence-corrected chi connectivity index (χ0v) is 32.2. The number of amides is 7.